The van der Waals surface area contributed by atoms with E-state index in [0.717, 1.165) is 12.2 Å². The average Bonchev–Trinajstić information content (AvgIpc) is 3.90. The lowest BCUT2D eigenvalue weighted by Gasteiger charge is -2.26. The van der Waals surface area contributed by atoms with Crippen molar-refractivity contribution in [1.29, 1.82) is 0 Å². The first kappa shape index (κ1) is 54.5. The van der Waals surface area contributed by atoms with Gasteiger partial charge in [0.15, 0.2) is 0 Å². The number of alkyl halides is 4. The number of benzene rings is 4. The van der Waals surface area contributed by atoms with Crippen LogP contribution in [0.3, 0.4) is 0 Å². The summed E-state index contributed by atoms with van der Waals surface area (Å²) in [6.07, 6.45) is 1.80. The van der Waals surface area contributed by atoms with Gasteiger partial charge in [0, 0.05) is 54.1 Å². The Bertz CT molecular complexity index is 3100. The fourth-order valence-corrected chi connectivity index (χ4v) is 10.4. The fraction of sp³-hybridized carbons (Fsp3) is 0.217. The molecule has 2 aromatic heterocycles. The minimum Gasteiger partial charge on any atom is -0.445 e. The fourth-order valence-electron chi connectivity index (χ4n) is 7.42. The summed E-state index contributed by atoms with van der Waals surface area (Å²) in [7, 11) is -8.46. The number of carbonyl (C=O) groups is 2. The number of carbonyl (C=O) groups excluding carboxylic acids is 2. The third-order valence-corrected chi connectivity index (χ3v) is 15.2. The second-order valence-electron chi connectivity index (χ2n) is 15.8. The molecule has 6 aromatic rings. The van der Waals surface area contributed by atoms with Crippen molar-refractivity contribution in [2.24, 2.45) is 0 Å². The number of fused-ring (bicyclic) bond motifs is 2. The van der Waals surface area contributed by atoms with E-state index in [1.165, 1.54) is 70.3 Å². The number of amides is 2. The van der Waals surface area contributed by atoms with Crippen LogP contribution in [0.4, 0.5) is 27.2 Å². The van der Waals surface area contributed by atoms with Gasteiger partial charge in [-0.15, -0.1) is 0 Å². The largest absolute Gasteiger partial charge is 0.445 e. The average molecular weight is 1150 g/mol. The molecule has 2 aliphatic rings. The van der Waals surface area contributed by atoms with Gasteiger partial charge < -0.3 is 9.47 Å². The molecule has 0 atom stereocenters. The Morgan fingerprint density at radius 1 is 0.569 bits per heavy atom. The summed E-state index contributed by atoms with van der Waals surface area (Å²) in [4.78, 5) is 23.7. The molecule has 2 aliphatic carbocycles. The molecule has 0 saturated heterocycles. The molecule has 4 aromatic carbocycles. The van der Waals surface area contributed by atoms with E-state index in [0.29, 0.717) is 52.4 Å². The van der Waals surface area contributed by atoms with E-state index < -0.39 is 70.1 Å². The van der Waals surface area contributed by atoms with E-state index in [2.05, 4.69) is 10.2 Å². The van der Waals surface area contributed by atoms with Crippen LogP contribution in [0.25, 0.3) is 11.1 Å². The summed E-state index contributed by atoms with van der Waals surface area (Å²) in [5.74, 6) is -6.44. The number of allylic oxidation sites excluding steroid dienone is 2. The smallest absolute Gasteiger partial charge is 0.421 e. The molecule has 2 amide bonds. The summed E-state index contributed by atoms with van der Waals surface area (Å²) in [5, 5.41) is 10.7. The van der Waals surface area contributed by atoms with Gasteiger partial charge in [0.25, 0.3) is 31.9 Å². The van der Waals surface area contributed by atoms with Crippen LogP contribution >= 0.6 is 69.6 Å². The minimum absolute atomic E-state index is 0.106. The van der Waals surface area contributed by atoms with E-state index in [9.17, 15) is 44.0 Å². The molecule has 0 fully saturated rings. The van der Waals surface area contributed by atoms with Gasteiger partial charge in [0.2, 0.25) is 0 Å². The van der Waals surface area contributed by atoms with E-state index in [-0.39, 0.29) is 58.3 Å². The van der Waals surface area contributed by atoms with Crippen LogP contribution in [0.2, 0.25) is 30.1 Å². The molecule has 0 bridgehead atoms. The standard InChI is InChI=1S/2C23H18Cl3F2N3O4S/c2*24-16-3-5-18(6-4-16)36(33,34)30-22(32)35-10-8-19-21-14(7-9-23(19,27)28)12-29-31(21)13-15-1-2-17(25)11-20(15)26/h2*1-6,8,11-12H,7,9-10,13H2,(H,30,32)/b19-8+;19-8-. The molecule has 0 saturated carbocycles. The molecule has 0 aliphatic heterocycles. The lowest BCUT2D eigenvalue weighted by molar-refractivity contribution is 0.0521. The van der Waals surface area contributed by atoms with Crippen molar-refractivity contribution in [3.63, 3.8) is 0 Å². The van der Waals surface area contributed by atoms with Crippen LogP contribution in [0.5, 0.6) is 0 Å². The Labute approximate surface area is 439 Å². The summed E-state index contributed by atoms with van der Waals surface area (Å²) < 4.78 is 125. The number of nitrogens with zero attached hydrogens (tertiary/aromatic N) is 4. The highest BCUT2D eigenvalue weighted by Crippen LogP contribution is 2.44. The number of sulfonamides is 2. The number of hydrogen-bond donors (Lipinski definition) is 2. The number of rotatable bonds is 12. The minimum atomic E-state index is -4.23. The van der Waals surface area contributed by atoms with Crippen LogP contribution in [-0.4, -0.2) is 73.6 Å². The van der Waals surface area contributed by atoms with E-state index in [1.54, 1.807) is 45.8 Å². The zero-order valence-electron chi connectivity index (χ0n) is 36.7. The maximum atomic E-state index is 14.9. The van der Waals surface area contributed by atoms with Gasteiger partial charge >= 0.3 is 12.2 Å². The first-order valence-electron chi connectivity index (χ1n) is 21.0. The van der Waals surface area contributed by atoms with Gasteiger partial charge in [-0.05, 0) is 120 Å². The van der Waals surface area contributed by atoms with Crippen LogP contribution in [-0.2, 0) is 55.5 Å². The topological polar surface area (TPSA) is 181 Å². The Morgan fingerprint density at radius 3 is 1.26 bits per heavy atom. The molecule has 0 spiro atoms. The maximum Gasteiger partial charge on any atom is 0.421 e. The number of ether oxygens (including phenoxy) is 2. The molecular weight excluding hydrogens is 1120 g/mol. The molecule has 2 heterocycles. The molecule has 380 valence electrons. The van der Waals surface area contributed by atoms with Gasteiger partial charge in [-0.3, -0.25) is 9.36 Å². The first-order chi connectivity index (χ1) is 33.9. The van der Waals surface area contributed by atoms with Crippen LogP contribution in [0, 0.1) is 0 Å². The van der Waals surface area contributed by atoms with E-state index in [4.69, 9.17) is 79.1 Å². The van der Waals surface area contributed by atoms with Gasteiger partial charge in [-0.1, -0.05) is 81.7 Å². The van der Waals surface area contributed by atoms with E-state index in [1.807, 2.05) is 0 Å². The van der Waals surface area contributed by atoms with Crippen molar-refractivity contribution in [3.05, 3.63) is 173 Å². The highest BCUT2D eigenvalue weighted by atomic mass is 35.5. The molecule has 72 heavy (non-hydrogen) atoms. The highest BCUT2D eigenvalue weighted by molar-refractivity contribution is 7.90. The maximum absolute atomic E-state index is 14.9. The quantitative estimate of drug-likeness (QED) is 0.112. The highest BCUT2D eigenvalue weighted by Gasteiger charge is 2.43. The molecule has 0 unspecified atom stereocenters. The van der Waals surface area contributed by atoms with E-state index >= 15 is 0 Å². The monoisotopic (exact) mass is 1150 g/mol. The van der Waals surface area contributed by atoms with Crippen LogP contribution in [0.15, 0.2) is 119 Å². The Morgan fingerprint density at radius 2 is 0.917 bits per heavy atom. The second kappa shape index (κ2) is 22.4. The molecular formula is C46H36Cl6F4N6O8S2. The predicted octanol–water partition coefficient (Wildman–Crippen LogP) is 11.9. The summed E-state index contributed by atoms with van der Waals surface area (Å²) in [5.41, 5.74) is 2.09. The van der Waals surface area contributed by atoms with Gasteiger partial charge in [0.1, 0.15) is 13.2 Å². The third-order valence-electron chi connectivity index (χ3n) is 10.9. The molecule has 0 radical (unpaired) electrons. The molecule has 26 heteroatoms. The van der Waals surface area contributed by atoms with Crippen molar-refractivity contribution in [3.8, 4) is 0 Å². The summed E-state index contributed by atoms with van der Waals surface area (Å²) in [6.45, 7) is -0.975. The van der Waals surface area contributed by atoms with Crippen molar-refractivity contribution in [2.45, 2.75) is 60.4 Å². The number of halogens is 10. The Balaban J connectivity index is 0.000000211. The summed E-state index contributed by atoms with van der Waals surface area (Å²) in [6, 6.07) is 19.9. The van der Waals surface area contributed by atoms with Crippen molar-refractivity contribution in [1.82, 2.24) is 29.0 Å². The molecule has 14 nitrogen and oxygen atoms in total. The Kier molecular flexibility index (Phi) is 17.0. The van der Waals surface area contributed by atoms with Gasteiger partial charge in [-0.25, -0.2) is 53.4 Å². The van der Waals surface area contributed by atoms with Crippen LogP contribution < -0.4 is 9.44 Å². The number of hydrogen-bond acceptors (Lipinski definition) is 10. The van der Waals surface area contributed by atoms with Crippen molar-refractivity contribution >= 4 is 113 Å². The summed E-state index contributed by atoms with van der Waals surface area (Å²) >= 11 is 35.8. The number of nitrogens with one attached hydrogen (secondary N) is 2. The lowest BCUT2D eigenvalue weighted by Crippen LogP contribution is -2.31. The first-order valence-corrected chi connectivity index (χ1v) is 26.2. The van der Waals surface area contributed by atoms with Crippen molar-refractivity contribution in [2.75, 3.05) is 13.2 Å². The van der Waals surface area contributed by atoms with Crippen molar-refractivity contribution < 1.29 is 53.5 Å². The number of aryl methyl sites for hydroxylation is 2. The predicted molar refractivity (Wildman–Crippen MR) is 264 cm³/mol. The van der Waals surface area contributed by atoms with Gasteiger partial charge in [-0.2, -0.15) is 10.2 Å². The number of aromatic nitrogens is 4. The SMILES string of the molecule is O=C(NS(=O)(=O)c1ccc(Cl)cc1)OC/C=C1/c2c(cnn2Cc2ccc(Cl)cc2Cl)CCC1(F)F.O=C(NS(=O)(=O)c1ccc(Cl)cc1)OC/C=C1\c2c(cnn2Cc2ccc(Cl)cc2Cl)CCC1(F)F. The zero-order valence-corrected chi connectivity index (χ0v) is 42.9. The lowest BCUT2D eigenvalue weighted by atomic mass is 9.89. The zero-order chi connectivity index (χ0) is 52.2. The van der Waals surface area contributed by atoms with Crippen LogP contribution in [0.1, 0.15) is 46.5 Å². The molecule has 2 N–H and O–H groups in total. The van der Waals surface area contributed by atoms with Gasteiger partial charge in [0.05, 0.1) is 46.7 Å². The third kappa shape index (κ3) is 13.3. The molecule has 8 rings (SSSR count). The second-order valence-corrected chi connectivity index (χ2v) is 21.7. The Hall–Kier alpha value is -5.32. The normalized spacial score (nSPS) is 16.0.